The molecule has 0 spiro atoms. The number of nitrogens with one attached hydrogen (secondary N) is 1. The predicted molar refractivity (Wildman–Crippen MR) is 95.9 cm³/mol. The number of methoxy groups -OCH3 is 2. The molecule has 0 aliphatic rings. The first-order valence-corrected chi connectivity index (χ1v) is 7.86. The van der Waals surface area contributed by atoms with E-state index in [9.17, 15) is 4.79 Å². The molecule has 2 aromatic heterocycles. The van der Waals surface area contributed by atoms with Crippen LogP contribution >= 0.6 is 0 Å². The van der Waals surface area contributed by atoms with Crippen LogP contribution in [-0.2, 0) is 4.74 Å². The minimum atomic E-state index is -0.348. The number of hydrogen-bond acceptors (Lipinski definition) is 6. The van der Waals surface area contributed by atoms with E-state index < -0.39 is 0 Å². The van der Waals surface area contributed by atoms with Crippen molar-refractivity contribution in [3.8, 4) is 5.88 Å². The van der Waals surface area contributed by atoms with Crippen LogP contribution in [0.15, 0.2) is 48.8 Å². The zero-order valence-electron chi connectivity index (χ0n) is 14.3. The number of benzene rings is 1. The number of esters is 1. The predicted octanol–water partition coefficient (Wildman–Crippen LogP) is 3.60. The molecule has 6 heteroatoms. The van der Waals surface area contributed by atoms with E-state index in [1.165, 1.54) is 7.11 Å². The third-order valence-corrected chi connectivity index (χ3v) is 4.02. The maximum absolute atomic E-state index is 11.5. The van der Waals surface area contributed by atoms with Crippen molar-refractivity contribution in [3.63, 3.8) is 0 Å². The molecule has 0 amide bonds. The standard InChI is InChI=1S/C19H19N3O3/c1-12(13-4-6-15(7-5-13)19(23)25-3)22-17-16-14(8-10-20-17)9-11-21-18(16)24-2/h4-12H,1-3H3,(H,20,22)/t12-/m0/s1. The van der Waals surface area contributed by atoms with Gasteiger partial charge in [0.1, 0.15) is 5.82 Å². The van der Waals surface area contributed by atoms with Gasteiger partial charge < -0.3 is 14.8 Å². The SMILES string of the molecule is COC(=O)c1ccc([C@H](C)Nc2nccc3ccnc(OC)c23)cc1. The van der Waals surface area contributed by atoms with E-state index in [-0.39, 0.29) is 12.0 Å². The van der Waals surface area contributed by atoms with Crippen molar-refractivity contribution in [1.82, 2.24) is 9.97 Å². The summed E-state index contributed by atoms with van der Waals surface area (Å²) < 4.78 is 10.1. The van der Waals surface area contributed by atoms with E-state index in [1.807, 2.05) is 31.2 Å². The third-order valence-electron chi connectivity index (χ3n) is 4.02. The Morgan fingerprint density at radius 3 is 2.36 bits per heavy atom. The van der Waals surface area contributed by atoms with Gasteiger partial charge in [-0.3, -0.25) is 0 Å². The Kier molecular flexibility index (Phi) is 4.79. The summed E-state index contributed by atoms with van der Waals surface area (Å²) in [5.74, 6) is 0.882. The highest BCUT2D eigenvalue weighted by atomic mass is 16.5. The normalized spacial score (nSPS) is 11.8. The summed E-state index contributed by atoms with van der Waals surface area (Å²) in [4.78, 5) is 20.2. The molecule has 1 aromatic carbocycles. The minimum Gasteiger partial charge on any atom is -0.480 e. The highest BCUT2D eigenvalue weighted by Gasteiger charge is 2.13. The number of nitrogens with zero attached hydrogens (tertiary/aromatic N) is 2. The molecule has 0 aliphatic carbocycles. The topological polar surface area (TPSA) is 73.3 Å². The molecule has 25 heavy (non-hydrogen) atoms. The Hall–Kier alpha value is -3.15. The van der Waals surface area contributed by atoms with E-state index in [0.717, 1.165) is 16.3 Å². The van der Waals surface area contributed by atoms with Gasteiger partial charge in [-0.25, -0.2) is 14.8 Å². The lowest BCUT2D eigenvalue weighted by Crippen LogP contribution is -2.09. The summed E-state index contributed by atoms with van der Waals surface area (Å²) in [6.45, 7) is 2.02. The summed E-state index contributed by atoms with van der Waals surface area (Å²) in [6, 6.07) is 11.1. The third kappa shape index (κ3) is 3.38. The summed E-state index contributed by atoms with van der Waals surface area (Å²) in [6.07, 6.45) is 3.46. The number of hydrogen-bond donors (Lipinski definition) is 1. The van der Waals surface area contributed by atoms with Crippen LogP contribution < -0.4 is 10.1 Å². The average Bonchev–Trinajstić information content (AvgIpc) is 2.67. The Labute approximate surface area is 145 Å². The lowest BCUT2D eigenvalue weighted by atomic mass is 10.1. The largest absolute Gasteiger partial charge is 0.480 e. The first-order chi connectivity index (χ1) is 12.1. The van der Waals surface area contributed by atoms with Crippen molar-refractivity contribution >= 4 is 22.6 Å². The van der Waals surface area contributed by atoms with Gasteiger partial charge in [0.25, 0.3) is 0 Å². The second-order valence-electron chi connectivity index (χ2n) is 5.56. The lowest BCUT2D eigenvalue weighted by Gasteiger charge is -2.17. The van der Waals surface area contributed by atoms with Gasteiger partial charge >= 0.3 is 5.97 Å². The fraction of sp³-hybridized carbons (Fsp3) is 0.211. The van der Waals surface area contributed by atoms with Gasteiger partial charge in [-0.1, -0.05) is 12.1 Å². The molecule has 0 radical (unpaired) electrons. The summed E-state index contributed by atoms with van der Waals surface area (Å²) in [5, 5.41) is 5.23. The molecule has 6 nitrogen and oxygen atoms in total. The molecule has 1 atom stereocenters. The highest BCUT2D eigenvalue weighted by Crippen LogP contribution is 2.30. The number of pyridine rings is 2. The number of aromatic nitrogens is 2. The number of carbonyl (C=O) groups excluding carboxylic acids is 1. The van der Waals surface area contributed by atoms with Gasteiger partial charge in [0.2, 0.25) is 5.88 Å². The Bertz CT molecular complexity index is 889. The van der Waals surface area contributed by atoms with E-state index in [4.69, 9.17) is 9.47 Å². The Morgan fingerprint density at radius 1 is 1.04 bits per heavy atom. The fourth-order valence-corrected chi connectivity index (χ4v) is 2.67. The molecule has 0 aliphatic heterocycles. The zero-order valence-corrected chi connectivity index (χ0v) is 14.3. The van der Waals surface area contributed by atoms with Crippen LogP contribution in [0.25, 0.3) is 10.8 Å². The number of anilines is 1. The Morgan fingerprint density at radius 2 is 1.72 bits per heavy atom. The minimum absolute atomic E-state index is 0.0188. The number of fused-ring (bicyclic) bond motifs is 1. The molecular formula is C19H19N3O3. The van der Waals surface area contributed by atoms with E-state index >= 15 is 0 Å². The monoisotopic (exact) mass is 337 g/mol. The first-order valence-electron chi connectivity index (χ1n) is 7.86. The molecule has 2 heterocycles. The number of rotatable bonds is 5. The van der Waals surface area contributed by atoms with Gasteiger partial charge in [0, 0.05) is 18.4 Å². The van der Waals surface area contributed by atoms with Crippen molar-refractivity contribution in [2.45, 2.75) is 13.0 Å². The van der Waals surface area contributed by atoms with Gasteiger partial charge in [0.05, 0.1) is 25.2 Å². The molecule has 3 aromatic rings. The fourth-order valence-electron chi connectivity index (χ4n) is 2.67. The van der Waals surface area contributed by atoms with Crippen molar-refractivity contribution in [1.29, 1.82) is 0 Å². The molecule has 0 unspecified atom stereocenters. The smallest absolute Gasteiger partial charge is 0.337 e. The number of ether oxygens (including phenoxy) is 2. The van der Waals surface area contributed by atoms with Crippen LogP contribution in [0.5, 0.6) is 5.88 Å². The van der Waals surface area contributed by atoms with Crippen LogP contribution in [0.4, 0.5) is 5.82 Å². The highest BCUT2D eigenvalue weighted by molar-refractivity contribution is 5.95. The summed E-state index contributed by atoms with van der Waals surface area (Å²) in [5.41, 5.74) is 1.54. The molecular weight excluding hydrogens is 318 g/mol. The molecule has 128 valence electrons. The molecule has 0 fully saturated rings. The first kappa shape index (κ1) is 16.7. The van der Waals surface area contributed by atoms with Gasteiger partial charge in [-0.15, -0.1) is 0 Å². The maximum atomic E-state index is 11.5. The average molecular weight is 337 g/mol. The van der Waals surface area contributed by atoms with Crippen molar-refractivity contribution in [2.75, 3.05) is 19.5 Å². The van der Waals surface area contributed by atoms with Gasteiger partial charge in [0.15, 0.2) is 0 Å². The quantitative estimate of drug-likeness (QED) is 0.717. The van der Waals surface area contributed by atoms with Crippen LogP contribution in [0, 0.1) is 0 Å². The van der Waals surface area contributed by atoms with Crippen molar-refractivity contribution in [3.05, 3.63) is 59.9 Å². The number of carbonyl (C=O) groups is 1. The molecule has 1 N–H and O–H groups in total. The van der Waals surface area contributed by atoms with Crippen LogP contribution in [0.3, 0.4) is 0 Å². The van der Waals surface area contributed by atoms with Crippen molar-refractivity contribution in [2.24, 2.45) is 0 Å². The molecule has 3 rings (SSSR count). The molecule has 0 bridgehead atoms. The molecule has 0 saturated heterocycles. The maximum Gasteiger partial charge on any atom is 0.337 e. The van der Waals surface area contributed by atoms with Gasteiger partial charge in [-0.2, -0.15) is 0 Å². The van der Waals surface area contributed by atoms with E-state index in [1.54, 1.807) is 31.6 Å². The summed E-state index contributed by atoms with van der Waals surface area (Å²) in [7, 11) is 2.96. The summed E-state index contributed by atoms with van der Waals surface area (Å²) >= 11 is 0. The van der Waals surface area contributed by atoms with Crippen LogP contribution in [0.1, 0.15) is 28.9 Å². The van der Waals surface area contributed by atoms with E-state index in [0.29, 0.717) is 17.3 Å². The second kappa shape index (κ2) is 7.17. The van der Waals surface area contributed by atoms with Gasteiger partial charge in [-0.05, 0) is 42.1 Å². The molecule has 0 saturated carbocycles. The lowest BCUT2D eigenvalue weighted by molar-refractivity contribution is 0.0600. The van der Waals surface area contributed by atoms with Crippen LogP contribution in [0.2, 0.25) is 0 Å². The van der Waals surface area contributed by atoms with E-state index in [2.05, 4.69) is 15.3 Å². The zero-order chi connectivity index (χ0) is 17.8. The Balaban J connectivity index is 1.89. The second-order valence-corrected chi connectivity index (χ2v) is 5.56. The van der Waals surface area contributed by atoms with Crippen LogP contribution in [-0.4, -0.2) is 30.2 Å². The van der Waals surface area contributed by atoms with Crippen molar-refractivity contribution < 1.29 is 14.3 Å².